The largest absolute Gasteiger partial charge is 0.502 e. The van der Waals surface area contributed by atoms with Crippen LogP contribution in [0.15, 0.2) is 76.7 Å². The van der Waals surface area contributed by atoms with Crippen molar-refractivity contribution >= 4 is 29.3 Å². The van der Waals surface area contributed by atoms with Gasteiger partial charge in [0.1, 0.15) is 6.67 Å². The minimum atomic E-state index is -4.49. The zero-order chi connectivity index (χ0) is 26.5. The van der Waals surface area contributed by atoms with E-state index in [1.54, 1.807) is 22.8 Å². The van der Waals surface area contributed by atoms with E-state index in [1.807, 2.05) is 36.4 Å². The van der Waals surface area contributed by atoms with Crippen molar-refractivity contribution in [3.05, 3.63) is 105 Å². The molecular weight excluding hydrogens is 527 g/mol. The summed E-state index contributed by atoms with van der Waals surface area (Å²) in [6.07, 6.45) is -1.16. The smallest absolute Gasteiger partial charge is 0.394 e. The Hall–Kier alpha value is -3.37. The highest BCUT2D eigenvalue weighted by Gasteiger charge is 2.39. The standard InChI is InChI=1S/C26H21ClF3N3O3S/c1-15(26(28,29)30)8-10-31-14-33(32-11-9-20(34)24(35)23(32)25(31)36)22-18-5-3-2-4-16(18)13-37-21-7-6-17(27)12-19(21)22/h2-12,15,22,35H,13-14H2,1H3/b10-8+/t15?,22-/m0/s1. The summed E-state index contributed by atoms with van der Waals surface area (Å²) in [5, 5.41) is 12.8. The lowest BCUT2D eigenvalue weighted by molar-refractivity contribution is -0.156. The number of carbonyl (C=O) groups is 1. The zero-order valence-corrected chi connectivity index (χ0v) is 21.0. The minimum Gasteiger partial charge on any atom is -0.502 e. The number of fused-ring (bicyclic) bond motifs is 3. The predicted molar refractivity (Wildman–Crippen MR) is 135 cm³/mol. The van der Waals surface area contributed by atoms with Crippen LogP contribution in [0, 0.1) is 5.92 Å². The number of hydrogen-bond acceptors (Lipinski definition) is 5. The maximum absolute atomic E-state index is 13.3. The Bertz CT molecular complexity index is 1470. The van der Waals surface area contributed by atoms with Gasteiger partial charge in [0.05, 0.1) is 12.0 Å². The molecule has 0 bridgehead atoms. The first kappa shape index (κ1) is 25.3. The van der Waals surface area contributed by atoms with Gasteiger partial charge in [0.15, 0.2) is 11.4 Å². The second-order valence-electron chi connectivity index (χ2n) is 8.82. The van der Waals surface area contributed by atoms with Crippen LogP contribution in [-0.4, -0.2) is 33.4 Å². The number of allylic oxidation sites excluding steroid dienone is 1. The Morgan fingerprint density at radius 1 is 1.14 bits per heavy atom. The van der Waals surface area contributed by atoms with Crippen molar-refractivity contribution < 1.29 is 23.1 Å². The molecule has 2 aliphatic heterocycles. The van der Waals surface area contributed by atoms with Crippen molar-refractivity contribution in [2.24, 2.45) is 5.92 Å². The van der Waals surface area contributed by atoms with E-state index >= 15 is 0 Å². The molecule has 2 aromatic carbocycles. The van der Waals surface area contributed by atoms with E-state index in [9.17, 15) is 27.9 Å². The average molecular weight is 548 g/mol. The van der Waals surface area contributed by atoms with Crippen LogP contribution in [0.4, 0.5) is 13.2 Å². The number of halogens is 4. The Morgan fingerprint density at radius 3 is 2.65 bits per heavy atom. The molecule has 3 heterocycles. The van der Waals surface area contributed by atoms with Gasteiger partial charge in [0.2, 0.25) is 5.43 Å². The molecule has 11 heteroatoms. The van der Waals surface area contributed by atoms with E-state index in [-0.39, 0.29) is 12.4 Å². The van der Waals surface area contributed by atoms with Gasteiger partial charge in [-0.2, -0.15) is 13.2 Å². The van der Waals surface area contributed by atoms with Gasteiger partial charge >= 0.3 is 6.18 Å². The lowest BCUT2D eigenvalue weighted by atomic mass is 9.94. The maximum Gasteiger partial charge on any atom is 0.394 e. The molecule has 1 unspecified atom stereocenters. The quantitative estimate of drug-likeness (QED) is 0.458. The first-order valence-electron chi connectivity index (χ1n) is 11.3. The van der Waals surface area contributed by atoms with E-state index in [4.69, 9.17) is 11.6 Å². The second kappa shape index (κ2) is 9.50. The third-order valence-electron chi connectivity index (χ3n) is 6.46. The number of carbonyl (C=O) groups excluding carboxylic acids is 1. The lowest BCUT2D eigenvalue weighted by Crippen LogP contribution is -2.54. The summed E-state index contributed by atoms with van der Waals surface area (Å²) in [6, 6.07) is 13.9. The fourth-order valence-corrected chi connectivity index (χ4v) is 5.71. The number of aromatic nitrogens is 1. The van der Waals surface area contributed by atoms with Crippen LogP contribution in [0.1, 0.15) is 40.1 Å². The minimum absolute atomic E-state index is 0.148. The highest BCUT2D eigenvalue weighted by molar-refractivity contribution is 7.98. The van der Waals surface area contributed by atoms with Crippen LogP contribution >= 0.6 is 23.4 Å². The molecule has 0 spiro atoms. The molecular formula is C26H21ClF3N3O3S. The molecule has 0 saturated carbocycles. The number of thioether (sulfide) groups is 1. The number of hydrogen-bond donors (Lipinski definition) is 1. The highest BCUT2D eigenvalue weighted by atomic mass is 35.5. The summed E-state index contributed by atoms with van der Waals surface area (Å²) >= 11 is 8.01. The molecule has 0 aliphatic carbocycles. The number of amides is 1. The van der Waals surface area contributed by atoms with E-state index in [1.165, 1.54) is 10.9 Å². The summed E-state index contributed by atoms with van der Waals surface area (Å²) < 4.78 is 40.9. The second-order valence-corrected chi connectivity index (χ2v) is 10.3. The number of nitrogens with zero attached hydrogens (tertiary/aromatic N) is 3. The van der Waals surface area contributed by atoms with Gasteiger partial charge in [-0.15, -0.1) is 11.8 Å². The monoisotopic (exact) mass is 547 g/mol. The normalized spacial score (nSPS) is 18.3. The van der Waals surface area contributed by atoms with Crippen molar-refractivity contribution in [2.75, 3.05) is 11.7 Å². The molecule has 37 heavy (non-hydrogen) atoms. The summed E-state index contributed by atoms with van der Waals surface area (Å²) in [5.74, 6) is -2.71. The predicted octanol–water partition coefficient (Wildman–Crippen LogP) is 5.67. The van der Waals surface area contributed by atoms with E-state index < -0.39 is 35.2 Å². The molecule has 1 amide bonds. The van der Waals surface area contributed by atoms with Gasteiger partial charge in [-0.25, -0.2) is 0 Å². The first-order valence-corrected chi connectivity index (χ1v) is 12.7. The zero-order valence-electron chi connectivity index (χ0n) is 19.4. The highest BCUT2D eigenvalue weighted by Crippen LogP contribution is 2.43. The van der Waals surface area contributed by atoms with Crippen LogP contribution in [0.2, 0.25) is 5.02 Å². The summed E-state index contributed by atoms with van der Waals surface area (Å²) in [4.78, 5) is 27.6. The third kappa shape index (κ3) is 4.59. The number of benzene rings is 2. The van der Waals surface area contributed by atoms with Gasteiger partial charge in [0, 0.05) is 34.1 Å². The van der Waals surface area contributed by atoms with Crippen molar-refractivity contribution in [1.29, 1.82) is 0 Å². The molecule has 0 radical (unpaired) electrons. The molecule has 0 fully saturated rings. The van der Waals surface area contributed by atoms with Gasteiger partial charge in [-0.3, -0.25) is 24.2 Å². The molecule has 2 atom stereocenters. The number of pyridine rings is 1. The lowest BCUT2D eigenvalue weighted by Gasteiger charge is -2.43. The van der Waals surface area contributed by atoms with Crippen LogP contribution in [0.3, 0.4) is 0 Å². The number of alkyl halides is 3. The Labute approximate surface area is 219 Å². The van der Waals surface area contributed by atoms with Gasteiger partial charge in [0.25, 0.3) is 5.91 Å². The van der Waals surface area contributed by atoms with E-state index in [0.717, 1.165) is 51.8 Å². The fourth-order valence-electron chi connectivity index (χ4n) is 4.46. The summed E-state index contributed by atoms with van der Waals surface area (Å²) in [6.45, 7) is 0.834. The van der Waals surface area contributed by atoms with Crippen LogP contribution < -0.4 is 10.4 Å². The van der Waals surface area contributed by atoms with Gasteiger partial charge in [-0.1, -0.05) is 48.9 Å². The van der Waals surface area contributed by atoms with Crippen LogP contribution in [0.5, 0.6) is 5.75 Å². The van der Waals surface area contributed by atoms with Crippen LogP contribution in [-0.2, 0) is 5.75 Å². The third-order valence-corrected chi connectivity index (χ3v) is 7.83. The fraction of sp³-hybridized carbons (Fsp3) is 0.231. The SMILES string of the molecule is CC(/C=C/N1CN([C@H]2c3ccccc3CSc3ccc(Cl)cc32)n2ccc(=O)c(O)c2C1=O)C(F)(F)F. The van der Waals surface area contributed by atoms with Crippen molar-refractivity contribution in [3.8, 4) is 5.75 Å². The molecule has 5 rings (SSSR count). The Morgan fingerprint density at radius 2 is 1.89 bits per heavy atom. The molecule has 1 aromatic heterocycles. The van der Waals surface area contributed by atoms with Crippen molar-refractivity contribution in [1.82, 2.24) is 9.58 Å². The maximum atomic E-state index is 13.3. The molecule has 192 valence electrons. The topological polar surface area (TPSA) is 65.8 Å². The van der Waals surface area contributed by atoms with Crippen molar-refractivity contribution in [2.45, 2.75) is 29.8 Å². The van der Waals surface area contributed by atoms with E-state index in [0.29, 0.717) is 10.8 Å². The number of aromatic hydroxyl groups is 1. The van der Waals surface area contributed by atoms with Gasteiger partial charge < -0.3 is 5.11 Å². The van der Waals surface area contributed by atoms with Gasteiger partial charge in [-0.05, 0) is 34.9 Å². The number of rotatable bonds is 3. The summed E-state index contributed by atoms with van der Waals surface area (Å²) in [7, 11) is 0. The van der Waals surface area contributed by atoms with Crippen molar-refractivity contribution in [3.63, 3.8) is 0 Å². The molecule has 6 nitrogen and oxygen atoms in total. The average Bonchev–Trinajstić information content (AvgIpc) is 3.01. The molecule has 2 aliphatic rings. The Kier molecular flexibility index (Phi) is 6.49. The van der Waals surface area contributed by atoms with E-state index in [2.05, 4.69) is 0 Å². The molecule has 3 aromatic rings. The Balaban J connectivity index is 1.72. The first-order chi connectivity index (χ1) is 17.6. The summed E-state index contributed by atoms with van der Waals surface area (Å²) in [5.41, 5.74) is 1.66. The molecule has 1 N–H and O–H groups in total. The van der Waals surface area contributed by atoms with Crippen LogP contribution in [0.25, 0.3) is 0 Å². The molecule has 0 saturated heterocycles.